The van der Waals surface area contributed by atoms with Crippen molar-refractivity contribution in [3.8, 4) is 0 Å². The van der Waals surface area contributed by atoms with Crippen LogP contribution in [0.2, 0.25) is 0 Å². The van der Waals surface area contributed by atoms with Gasteiger partial charge in [0.2, 0.25) is 12.3 Å². The molecule has 4 N–H and O–H groups in total. The largest absolute Gasteiger partial charge is 0.398 e. The first-order valence-electron chi connectivity index (χ1n) is 8.19. The first-order chi connectivity index (χ1) is 11.0. The minimum atomic E-state index is -0.753. The third-order valence-electron chi connectivity index (χ3n) is 3.55. The van der Waals surface area contributed by atoms with Crippen molar-refractivity contribution in [2.75, 3.05) is 0 Å². The van der Waals surface area contributed by atoms with E-state index >= 15 is 0 Å². The summed E-state index contributed by atoms with van der Waals surface area (Å²) < 4.78 is 0. The summed E-state index contributed by atoms with van der Waals surface area (Å²) in [4.78, 5) is 35.0. The Balaban J connectivity index is 5.52. The Labute approximate surface area is 138 Å². The highest BCUT2D eigenvalue weighted by Crippen LogP contribution is 2.18. The Kier molecular flexibility index (Phi) is 10.4. The van der Waals surface area contributed by atoms with Crippen LogP contribution in [0, 0.1) is 0 Å². The Morgan fingerprint density at radius 2 is 1.74 bits per heavy atom. The van der Waals surface area contributed by atoms with Crippen LogP contribution in [0.25, 0.3) is 0 Å². The zero-order valence-corrected chi connectivity index (χ0v) is 14.6. The first-order valence-corrected chi connectivity index (χ1v) is 8.19. The average Bonchev–Trinajstić information content (AvgIpc) is 2.52. The van der Waals surface area contributed by atoms with Gasteiger partial charge in [-0.2, -0.15) is 0 Å². The van der Waals surface area contributed by atoms with E-state index in [9.17, 15) is 14.4 Å². The summed E-state index contributed by atoms with van der Waals surface area (Å²) in [6.45, 7) is 7.78. The van der Waals surface area contributed by atoms with Crippen LogP contribution in [0.4, 0.5) is 0 Å². The Morgan fingerprint density at radius 3 is 2.17 bits per heavy atom. The SMILES string of the molecule is CCC=C(N)C(C(=O)NC(CCC)C(=O)NC=O)=C(CC)CC. The number of hydrogen-bond acceptors (Lipinski definition) is 4. The molecule has 0 spiro atoms. The molecule has 0 saturated heterocycles. The Hall–Kier alpha value is -2.11. The molecule has 1 unspecified atom stereocenters. The lowest BCUT2D eigenvalue weighted by molar-refractivity contribution is -0.130. The zero-order valence-electron chi connectivity index (χ0n) is 14.6. The van der Waals surface area contributed by atoms with Crippen molar-refractivity contribution in [3.63, 3.8) is 0 Å². The van der Waals surface area contributed by atoms with Crippen LogP contribution in [0.15, 0.2) is 22.9 Å². The van der Waals surface area contributed by atoms with E-state index in [-0.39, 0.29) is 5.91 Å². The van der Waals surface area contributed by atoms with Gasteiger partial charge in [-0.15, -0.1) is 0 Å². The number of nitrogens with one attached hydrogen (secondary N) is 2. The molecule has 0 bridgehead atoms. The van der Waals surface area contributed by atoms with E-state index < -0.39 is 11.9 Å². The molecule has 0 fully saturated rings. The summed E-state index contributed by atoms with van der Waals surface area (Å²) in [5, 5.41) is 4.79. The molecule has 0 radical (unpaired) electrons. The molecular formula is C17H29N3O3. The molecule has 0 aromatic carbocycles. The van der Waals surface area contributed by atoms with E-state index in [4.69, 9.17) is 5.73 Å². The fraction of sp³-hybridized carbons (Fsp3) is 0.588. The minimum absolute atomic E-state index is 0.322. The molecule has 1 atom stereocenters. The highest BCUT2D eigenvalue weighted by atomic mass is 16.2. The lowest BCUT2D eigenvalue weighted by Crippen LogP contribution is -2.47. The van der Waals surface area contributed by atoms with Crippen LogP contribution in [-0.4, -0.2) is 24.3 Å². The number of hydrogen-bond donors (Lipinski definition) is 3. The summed E-state index contributed by atoms with van der Waals surface area (Å²) in [6.07, 6.45) is 5.39. The quantitative estimate of drug-likeness (QED) is 0.325. The molecule has 0 saturated carbocycles. The first kappa shape index (κ1) is 20.9. The molecule has 0 aromatic heterocycles. The molecule has 0 rings (SSSR count). The van der Waals surface area contributed by atoms with Gasteiger partial charge in [-0.05, 0) is 25.7 Å². The Morgan fingerprint density at radius 1 is 1.13 bits per heavy atom. The van der Waals surface area contributed by atoms with Gasteiger partial charge >= 0.3 is 0 Å². The van der Waals surface area contributed by atoms with Crippen LogP contribution < -0.4 is 16.4 Å². The highest BCUT2D eigenvalue weighted by molar-refractivity contribution is 6.01. The maximum atomic E-state index is 12.7. The summed E-state index contributed by atoms with van der Waals surface area (Å²) in [6, 6.07) is -0.753. The Bertz CT molecular complexity index is 475. The number of carbonyl (C=O) groups is 3. The maximum Gasteiger partial charge on any atom is 0.253 e. The van der Waals surface area contributed by atoms with Gasteiger partial charge in [-0.25, -0.2) is 0 Å². The lowest BCUT2D eigenvalue weighted by atomic mass is 9.98. The fourth-order valence-electron chi connectivity index (χ4n) is 2.37. The number of rotatable bonds is 10. The topological polar surface area (TPSA) is 101 Å². The molecule has 0 aliphatic carbocycles. The summed E-state index contributed by atoms with van der Waals surface area (Å²) >= 11 is 0. The second-order valence-electron chi connectivity index (χ2n) is 5.19. The predicted octanol–water partition coefficient (Wildman–Crippen LogP) is 1.91. The van der Waals surface area contributed by atoms with Gasteiger partial charge < -0.3 is 11.1 Å². The number of allylic oxidation sites excluding steroid dienone is 2. The minimum Gasteiger partial charge on any atom is -0.398 e. The number of imide groups is 1. The van der Waals surface area contributed by atoms with E-state index in [0.29, 0.717) is 49.8 Å². The molecule has 130 valence electrons. The summed E-state index contributed by atoms with van der Waals surface area (Å²) in [7, 11) is 0. The van der Waals surface area contributed by atoms with Crippen LogP contribution in [-0.2, 0) is 14.4 Å². The normalized spacial score (nSPS) is 12.3. The predicted molar refractivity (Wildman–Crippen MR) is 91.2 cm³/mol. The van der Waals surface area contributed by atoms with Gasteiger partial charge in [0.25, 0.3) is 5.91 Å². The van der Waals surface area contributed by atoms with Crippen molar-refractivity contribution in [2.24, 2.45) is 5.73 Å². The van der Waals surface area contributed by atoms with Crippen LogP contribution in [0.3, 0.4) is 0 Å². The lowest BCUT2D eigenvalue weighted by Gasteiger charge is -2.19. The van der Waals surface area contributed by atoms with Gasteiger partial charge in [0, 0.05) is 5.70 Å². The third-order valence-corrected chi connectivity index (χ3v) is 3.55. The van der Waals surface area contributed by atoms with Crippen LogP contribution in [0.5, 0.6) is 0 Å². The second-order valence-corrected chi connectivity index (χ2v) is 5.19. The van der Waals surface area contributed by atoms with E-state index in [0.717, 1.165) is 5.57 Å². The van der Waals surface area contributed by atoms with E-state index in [1.165, 1.54) is 0 Å². The molecule has 0 heterocycles. The van der Waals surface area contributed by atoms with Gasteiger partial charge in [0.1, 0.15) is 6.04 Å². The average molecular weight is 323 g/mol. The van der Waals surface area contributed by atoms with E-state index in [1.54, 1.807) is 6.08 Å². The molecule has 3 amide bonds. The molecule has 0 aliphatic rings. The van der Waals surface area contributed by atoms with Gasteiger partial charge in [0.05, 0.1) is 5.57 Å². The highest BCUT2D eigenvalue weighted by Gasteiger charge is 2.23. The zero-order chi connectivity index (χ0) is 17.8. The molecular weight excluding hydrogens is 294 g/mol. The van der Waals surface area contributed by atoms with Crippen molar-refractivity contribution < 1.29 is 14.4 Å². The smallest absolute Gasteiger partial charge is 0.253 e. The fourth-order valence-corrected chi connectivity index (χ4v) is 2.37. The maximum absolute atomic E-state index is 12.7. The van der Waals surface area contributed by atoms with Crippen molar-refractivity contribution in [1.29, 1.82) is 0 Å². The van der Waals surface area contributed by atoms with E-state index in [1.807, 2.05) is 27.7 Å². The second kappa shape index (κ2) is 11.5. The summed E-state index contributed by atoms with van der Waals surface area (Å²) in [5.74, 6) is -0.882. The molecule has 23 heavy (non-hydrogen) atoms. The van der Waals surface area contributed by atoms with Crippen molar-refractivity contribution in [3.05, 3.63) is 22.9 Å². The van der Waals surface area contributed by atoms with Gasteiger partial charge in [-0.1, -0.05) is 45.8 Å². The van der Waals surface area contributed by atoms with Crippen molar-refractivity contribution >= 4 is 18.2 Å². The number of nitrogens with two attached hydrogens (primary N) is 1. The monoisotopic (exact) mass is 323 g/mol. The van der Waals surface area contributed by atoms with Crippen molar-refractivity contribution in [2.45, 2.75) is 65.8 Å². The van der Waals surface area contributed by atoms with Gasteiger partial charge in [-0.3, -0.25) is 19.7 Å². The third kappa shape index (κ3) is 6.67. The van der Waals surface area contributed by atoms with Crippen LogP contribution >= 0.6 is 0 Å². The van der Waals surface area contributed by atoms with Crippen LogP contribution in [0.1, 0.15) is 59.8 Å². The molecule has 0 aromatic rings. The van der Waals surface area contributed by atoms with Gasteiger partial charge in [0.15, 0.2) is 0 Å². The molecule has 6 heteroatoms. The number of carbonyl (C=O) groups excluding carboxylic acids is 3. The summed E-state index contributed by atoms with van der Waals surface area (Å²) in [5.41, 5.74) is 7.86. The molecule has 0 aliphatic heterocycles. The van der Waals surface area contributed by atoms with Crippen molar-refractivity contribution in [1.82, 2.24) is 10.6 Å². The number of amides is 3. The standard InChI is InChI=1S/C17H29N3O3/c1-5-9-13(18)15(12(7-3)8-4)17(23)20-14(10-6-2)16(22)19-11-21/h9,11,14H,5-8,10,18H2,1-4H3,(H,20,23)(H,19,21,22). The molecule has 6 nitrogen and oxygen atoms in total. The van der Waals surface area contributed by atoms with E-state index in [2.05, 4.69) is 10.6 Å².